The first-order valence-electron chi connectivity index (χ1n) is 19.7. The SMILES string of the molecule is O=C1c2c(cccc2-n2c3ccc(-c4cncnc4)cc3c3cc(-c4cncnc4)ccc32)C(O)N1c1c(-c2ccccc2)cc(-c2ccccc2)cc1-c1ccccc1. The van der Waals surface area contributed by atoms with E-state index in [0.29, 0.717) is 22.5 Å². The monoisotopic (exact) mass is 774 g/mol. The minimum atomic E-state index is -1.26. The second kappa shape index (κ2) is 14.4. The van der Waals surface area contributed by atoms with Crippen LogP contribution in [0, 0.1) is 0 Å². The van der Waals surface area contributed by atoms with Crippen molar-refractivity contribution in [3.63, 3.8) is 0 Å². The molecule has 1 aliphatic heterocycles. The standard InChI is InChI=1S/C52H34N6O2/c59-51-41-17-10-18-48(57-46-21-19-36(39-27-53-31-54-28-39)23-44(46)45-24-37(20-22-47(45)57)40-29-55-32-56-30-40)49(41)52(60)58(51)50-42(34-13-6-2-7-14-34)25-38(33-11-4-1-5-12-33)26-43(50)35-15-8-3-9-16-35/h1-32,51,59H. The molecule has 1 unspecified atom stereocenters. The van der Waals surface area contributed by atoms with Crippen LogP contribution in [0.1, 0.15) is 22.1 Å². The van der Waals surface area contributed by atoms with Gasteiger partial charge >= 0.3 is 0 Å². The van der Waals surface area contributed by atoms with Crippen molar-refractivity contribution in [1.29, 1.82) is 0 Å². The molecule has 4 heterocycles. The molecule has 10 aromatic rings. The Bertz CT molecular complexity index is 3070. The Kier molecular flexibility index (Phi) is 8.42. The van der Waals surface area contributed by atoms with Crippen molar-refractivity contribution in [2.75, 3.05) is 4.90 Å². The predicted octanol–water partition coefficient (Wildman–Crippen LogP) is 11.3. The number of hydrogen-bond donors (Lipinski definition) is 1. The van der Waals surface area contributed by atoms with E-state index >= 15 is 4.79 Å². The van der Waals surface area contributed by atoms with Crippen molar-refractivity contribution in [3.05, 3.63) is 206 Å². The predicted molar refractivity (Wildman–Crippen MR) is 237 cm³/mol. The molecular formula is C52H34N6O2. The van der Waals surface area contributed by atoms with Crippen molar-refractivity contribution in [2.45, 2.75) is 6.23 Å². The topological polar surface area (TPSA) is 97.0 Å². The molecule has 0 fully saturated rings. The highest BCUT2D eigenvalue weighted by molar-refractivity contribution is 6.18. The van der Waals surface area contributed by atoms with Gasteiger partial charge in [0.25, 0.3) is 5.91 Å². The van der Waals surface area contributed by atoms with Crippen LogP contribution in [-0.2, 0) is 0 Å². The third-order valence-electron chi connectivity index (χ3n) is 11.5. The third kappa shape index (κ3) is 5.77. The average molecular weight is 775 g/mol. The van der Waals surface area contributed by atoms with Crippen LogP contribution in [-0.4, -0.2) is 35.5 Å². The van der Waals surface area contributed by atoms with Crippen LogP contribution in [0.5, 0.6) is 0 Å². The highest BCUT2D eigenvalue weighted by Crippen LogP contribution is 2.49. The lowest BCUT2D eigenvalue weighted by molar-refractivity contribution is 0.0935. The van der Waals surface area contributed by atoms with Gasteiger partial charge in [0.1, 0.15) is 12.7 Å². The van der Waals surface area contributed by atoms with Crippen molar-refractivity contribution in [1.82, 2.24) is 24.5 Å². The van der Waals surface area contributed by atoms with E-state index in [1.165, 1.54) is 12.7 Å². The van der Waals surface area contributed by atoms with Gasteiger partial charge in [0.15, 0.2) is 6.23 Å². The molecule has 8 nitrogen and oxygen atoms in total. The van der Waals surface area contributed by atoms with Gasteiger partial charge < -0.3 is 9.67 Å². The molecule has 7 aromatic carbocycles. The molecule has 0 saturated carbocycles. The maximum Gasteiger partial charge on any atom is 0.263 e. The van der Waals surface area contributed by atoms with Crippen LogP contribution >= 0.6 is 0 Å². The fourth-order valence-corrected chi connectivity index (χ4v) is 8.69. The zero-order valence-electron chi connectivity index (χ0n) is 32.1. The van der Waals surface area contributed by atoms with E-state index in [1.54, 1.807) is 29.7 Å². The summed E-state index contributed by atoms with van der Waals surface area (Å²) < 4.78 is 2.14. The lowest BCUT2D eigenvalue weighted by Crippen LogP contribution is -2.29. The Morgan fingerprint density at radius 2 is 0.933 bits per heavy atom. The molecule has 1 aliphatic rings. The summed E-state index contributed by atoms with van der Waals surface area (Å²) in [4.78, 5) is 34.2. The number of amides is 1. The Hall–Kier alpha value is -8.07. The summed E-state index contributed by atoms with van der Waals surface area (Å²) in [7, 11) is 0. The third-order valence-corrected chi connectivity index (χ3v) is 11.5. The minimum absolute atomic E-state index is 0.291. The first-order chi connectivity index (χ1) is 29.6. The zero-order chi connectivity index (χ0) is 40.2. The molecule has 0 saturated heterocycles. The smallest absolute Gasteiger partial charge is 0.263 e. The van der Waals surface area contributed by atoms with E-state index in [2.05, 4.69) is 109 Å². The van der Waals surface area contributed by atoms with Crippen LogP contribution in [0.4, 0.5) is 5.69 Å². The summed E-state index contributed by atoms with van der Waals surface area (Å²) in [6.07, 6.45) is 9.00. The lowest BCUT2D eigenvalue weighted by atomic mass is 9.90. The number of nitrogens with zero attached hydrogens (tertiary/aromatic N) is 6. The fraction of sp³-hybridized carbons (Fsp3) is 0.0192. The second-order valence-electron chi connectivity index (χ2n) is 14.9. The van der Waals surface area contributed by atoms with Gasteiger partial charge in [-0.3, -0.25) is 9.69 Å². The molecule has 3 aromatic heterocycles. The van der Waals surface area contributed by atoms with E-state index in [4.69, 9.17) is 0 Å². The zero-order valence-corrected chi connectivity index (χ0v) is 32.1. The number of hydrogen-bond acceptors (Lipinski definition) is 6. The van der Waals surface area contributed by atoms with Gasteiger partial charge in [0.2, 0.25) is 0 Å². The quantitative estimate of drug-likeness (QED) is 0.173. The molecule has 284 valence electrons. The van der Waals surface area contributed by atoms with Crippen LogP contribution in [0.15, 0.2) is 195 Å². The highest BCUT2D eigenvalue weighted by atomic mass is 16.3. The molecule has 1 amide bonds. The molecule has 0 aliphatic carbocycles. The second-order valence-corrected chi connectivity index (χ2v) is 14.9. The lowest BCUT2D eigenvalue weighted by Gasteiger charge is -2.28. The number of aliphatic hydroxyl groups is 1. The first-order valence-corrected chi connectivity index (χ1v) is 19.7. The number of aliphatic hydroxyl groups excluding tert-OH is 1. The number of rotatable bonds is 7. The number of anilines is 1. The van der Waals surface area contributed by atoms with Gasteiger partial charge in [-0.25, -0.2) is 19.9 Å². The van der Waals surface area contributed by atoms with E-state index in [-0.39, 0.29) is 5.91 Å². The minimum Gasteiger partial charge on any atom is -0.369 e. The van der Waals surface area contributed by atoms with Gasteiger partial charge in [0.05, 0.1) is 28.0 Å². The molecule has 60 heavy (non-hydrogen) atoms. The number of aromatic nitrogens is 5. The molecule has 8 heteroatoms. The average Bonchev–Trinajstić information content (AvgIpc) is 3.78. The summed E-state index contributed by atoms with van der Waals surface area (Å²) in [6.45, 7) is 0. The Morgan fingerprint density at radius 3 is 1.43 bits per heavy atom. The number of carbonyl (C=O) groups is 1. The van der Waals surface area contributed by atoms with E-state index in [1.807, 2.05) is 72.8 Å². The number of fused-ring (bicyclic) bond motifs is 4. The molecule has 0 radical (unpaired) electrons. The maximum atomic E-state index is 15.5. The summed E-state index contributed by atoms with van der Waals surface area (Å²) in [6, 6.07) is 53.0. The fourth-order valence-electron chi connectivity index (χ4n) is 8.69. The van der Waals surface area contributed by atoms with Crippen molar-refractivity contribution in [3.8, 4) is 61.3 Å². The van der Waals surface area contributed by atoms with Gasteiger partial charge in [-0.1, -0.05) is 115 Å². The van der Waals surface area contributed by atoms with Gasteiger partial charge in [-0.05, 0) is 75.8 Å². The molecule has 1 atom stereocenters. The van der Waals surface area contributed by atoms with E-state index in [0.717, 1.165) is 77.4 Å². The normalized spacial score (nSPS) is 13.6. The Morgan fingerprint density at radius 1 is 0.450 bits per heavy atom. The maximum absolute atomic E-state index is 15.5. The van der Waals surface area contributed by atoms with Crippen LogP contribution in [0.2, 0.25) is 0 Å². The van der Waals surface area contributed by atoms with E-state index < -0.39 is 6.23 Å². The first kappa shape index (κ1) is 35.1. The largest absolute Gasteiger partial charge is 0.369 e. The number of benzene rings is 7. The van der Waals surface area contributed by atoms with Crippen molar-refractivity contribution in [2.24, 2.45) is 0 Å². The Labute approximate surface area is 345 Å². The van der Waals surface area contributed by atoms with Crippen molar-refractivity contribution < 1.29 is 9.90 Å². The highest BCUT2D eigenvalue weighted by Gasteiger charge is 2.41. The Balaban J connectivity index is 1.14. The molecule has 0 bridgehead atoms. The molecule has 1 N–H and O–H groups in total. The van der Waals surface area contributed by atoms with Gasteiger partial charge in [-0.2, -0.15) is 0 Å². The van der Waals surface area contributed by atoms with E-state index in [9.17, 15) is 5.11 Å². The molecule has 0 spiro atoms. The molecule has 11 rings (SSSR count). The van der Waals surface area contributed by atoms with Crippen molar-refractivity contribution >= 4 is 33.4 Å². The summed E-state index contributed by atoms with van der Waals surface area (Å²) in [5, 5.41) is 14.5. The molecular weight excluding hydrogens is 741 g/mol. The van der Waals surface area contributed by atoms with Crippen LogP contribution in [0.3, 0.4) is 0 Å². The summed E-state index contributed by atoms with van der Waals surface area (Å²) >= 11 is 0. The van der Waals surface area contributed by atoms with Gasteiger partial charge in [-0.15, -0.1) is 0 Å². The van der Waals surface area contributed by atoms with Gasteiger partial charge in [0, 0.05) is 63.4 Å². The van der Waals surface area contributed by atoms with Crippen LogP contribution in [0.25, 0.3) is 83.1 Å². The summed E-state index contributed by atoms with van der Waals surface area (Å²) in [5.41, 5.74) is 13.4. The number of carbonyl (C=O) groups excluding carboxylic acids is 1. The summed E-state index contributed by atoms with van der Waals surface area (Å²) in [5.74, 6) is -0.291. The van der Waals surface area contributed by atoms with Crippen LogP contribution < -0.4 is 4.90 Å².